The SMILES string of the molecule is CC1=CC(P(c2ccccc2)c2ccccc2)=C=CC1. The maximum atomic E-state index is 3.49. The Morgan fingerprint density at radius 1 is 0.850 bits per heavy atom. The fourth-order valence-corrected chi connectivity index (χ4v) is 4.73. The van der Waals surface area contributed by atoms with Crippen molar-refractivity contribution in [1.29, 1.82) is 0 Å². The molecule has 1 heteroatoms. The normalized spacial score (nSPS) is 14.1. The topological polar surface area (TPSA) is 0 Å². The van der Waals surface area contributed by atoms with Gasteiger partial charge in [0.15, 0.2) is 0 Å². The molecule has 0 unspecified atom stereocenters. The molecule has 0 N–H and O–H groups in total. The molecule has 0 bridgehead atoms. The zero-order chi connectivity index (χ0) is 13.8. The smallest absolute Gasteiger partial charge is 0.0261 e. The first-order chi connectivity index (χ1) is 9.84. The number of benzene rings is 2. The van der Waals surface area contributed by atoms with Crippen LogP contribution in [0.1, 0.15) is 13.3 Å². The third-order valence-electron chi connectivity index (χ3n) is 3.33. The molecule has 0 atom stereocenters. The molecule has 20 heavy (non-hydrogen) atoms. The van der Waals surface area contributed by atoms with E-state index >= 15 is 0 Å². The number of allylic oxidation sites excluding steroid dienone is 3. The highest BCUT2D eigenvalue weighted by molar-refractivity contribution is 7.77. The third-order valence-corrected chi connectivity index (χ3v) is 5.70. The summed E-state index contributed by atoms with van der Waals surface area (Å²) in [5.41, 5.74) is 4.91. The molecule has 3 rings (SSSR count). The summed E-state index contributed by atoms with van der Waals surface area (Å²) >= 11 is 0. The fraction of sp³-hybridized carbons (Fsp3) is 0.105. The van der Waals surface area contributed by atoms with Gasteiger partial charge in [-0.15, -0.1) is 5.73 Å². The zero-order valence-electron chi connectivity index (χ0n) is 11.6. The molecule has 0 aromatic heterocycles. The average molecular weight is 276 g/mol. The Balaban J connectivity index is 2.13. The van der Waals surface area contributed by atoms with Crippen molar-refractivity contribution in [2.45, 2.75) is 13.3 Å². The van der Waals surface area contributed by atoms with Crippen molar-refractivity contribution in [2.24, 2.45) is 0 Å². The van der Waals surface area contributed by atoms with Crippen LogP contribution in [0.25, 0.3) is 0 Å². The van der Waals surface area contributed by atoms with Gasteiger partial charge in [0.25, 0.3) is 0 Å². The van der Waals surface area contributed by atoms with Gasteiger partial charge < -0.3 is 0 Å². The summed E-state index contributed by atoms with van der Waals surface area (Å²) < 4.78 is 0. The van der Waals surface area contributed by atoms with Crippen LogP contribution in [0.3, 0.4) is 0 Å². The molecule has 0 spiro atoms. The monoisotopic (exact) mass is 276 g/mol. The Morgan fingerprint density at radius 3 is 1.90 bits per heavy atom. The highest BCUT2D eigenvalue weighted by Gasteiger charge is 2.17. The van der Waals surface area contributed by atoms with Crippen molar-refractivity contribution >= 4 is 18.5 Å². The van der Waals surface area contributed by atoms with Crippen LogP contribution in [0, 0.1) is 0 Å². The van der Waals surface area contributed by atoms with E-state index in [1.165, 1.54) is 21.5 Å². The van der Waals surface area contributed by atoms with Crippen LogP contribution in [-0.2, 0) is 0 Å². The maximum Gasteiger partial charge on any atom is 0.0261 e. The molecule has 0 saturated heterocycles. The van der Waals surface area contributed by atoms with Crippen molar-refractivity contribution < 1.29 is 0 Å². The summed E-state index contributed by atoms with van der Waals surface area (Å²) in [7, 11) is -0.498. The van der Waals surface area contributed by atoms with Gasteiger partial charge in [-0.2, -0.15) is 0 Å². The van der Waals surface area contributed by atoms with Gasteiger partial charge in [-0.3, -0.25) is 0 Å². The molecule has 0 radical (unpaired) electrons. The summed E-state index contributed by atoms with van der Waals surface area (Å²) in [6.45, 7) is 2.20. The van der Waals surface area contributed by atoms with Crippen molar-refractivity contribution in [3.05, 3.63) is 89.4 Å². The Kier molecular flexibility index (Phi) is 3.97. The minimum atomic E-state index is -0.498. The van der Waals surface area contributed by atoms with Crippen LogP contribution >= 0.6 is 7.92 Å². The molecule has 2 aromatic rings. The second kappa shape index (κ2) is 6.06. The predicted octanol–water partition coefficient (Wildman–Crippen LogP) is 4.51. The Bertz CT molecular complexity index is 635. The molecule has 0 aliphatic heterocycles. The van der Waals surface area contributed by atoms with Gasteiger partial charge in [0, 0.05) is 5.31 Å². The van der Waals surface area contributed by atoms with E-state index in [2.05, 4.69) is 85.5 Å². The summed E-state index contributed by atoms with van der Waals surface area (Å²) in [4.78, 5) is 0. The molecule has 0 amide bonds. The fourth-order valence-electron chi connectivity index (χ4n) is 2.36. The minimum Gasteiger partial charge on any atom is -0.116 e. The summed E-state index contributed by atoms with van der Waals surface area (Å²) in [5.74, 6) is 0. The van der Waals surface area contributed by atoms with Gasteiger partial charge in [0.05, 0.1) is 0 Å². The molecule has 1 aliphatic rings. The van der Waals surface area contributed by atoms with E-state index in [0.29, 0.717) is 0 Å². The van der Waals surface area contributed by atoms with Crippen molar-refractivity contribution in [2.75, 3.05) is 0 Å². The van der Waals surface area contributed by atoms with Crippen LogP contribution in [0.5, 0.6) is 0 Å². The Morgan fingerprint density at radius 2 is 1.40 bits per heavy atom. The predicted molar refractivity (Wildman–Crippen MR) is 89.0 cm³/mol. The van der Waals surface area contributed by atoms with E-state index in [1.807, 2.05) is 0 Å². The first-order valence-electron chi connectivity index (χ1n) is 6.87. The van der Waals surface area contributed by atoms with Crippen molar-refractivity contribution in [3.63, 3.8) is 0 Å². The van der Waals surface area contributed by atoms with Crippen molar-refractivity contribution in [3.8, 4) is 0 Å². The first-order valence-corrected chi connectivity index (χ1v) is 8.21. The summed E-state index contributed by atoms with van der Waals surface area (Å²) in [6, 6.07) is 21.6. The Hall–Kier alpha value is -1.87. The second-order valence-corrected chi connectivity index (χ2v) is 7.12. The Labute approximate surface area is 121 Å². The second-order valence-electron chi connectivity index (χ2n) is 4.94. The molecule has 0 fully saturated rings. The third kappa shape index (κ3) is 2.83. The molecule has 98 valence electrons. The van der Waals surface area contributed by atoms with Crippen LogP contribution in [-0.4, -0.2) is 0 Å². The average Bonchev–Trinajstić information content (AvgIpc) is 2.50. The maximum absolute atomic E-state index is 3.49. The molecule has 0 heterocycles. The largest absolute Gasteiger partial charge is 0.116 e. The van der Waals surface area contributed by atoms with Gasteiger partial charge >= 0.3 is 0 Å². The molecule has 1 aliphatic carbocycles. The lowest BCUT2D eigenvalue weighted by molar-refractivity contribution is 1.20. The standard InChI is InChI=1S/C19H17P/c1-16-9-8-14-19(15-16)20(17-10-4-2-5-11-17)18-12-6-3-7-13-18/h2-8,10-13,15H,9H2,1H3. The van der Waals surface area contributed by atoms with E-state index in [-0.39, 0.29) is 0 Å². The number of hydrogen-bond donors (Lipinski definition) is 0. The highest BCUT2D eigenvalue weighted by atomic mass is 31.1. The molecular formula is C19H17P. The van der Waals surface area contributed by atoms with Crippen LogP contribution in [0.4, 0.5) is 0 Å². The van der Waals surface area contributed by atoms with Gasteiger partial charge in [-0.25, -0.2) is 0 Å². The minimum absolute atomic E-state index is 0.498. The van der Waals surface area contributed by atoms with Crippen LogP contribution in [0.2, 0.25) is 0 Å². The van der Waals surface area contributed by atoms with E-state index in [0.717, 1.165) is 6.42 Å². The number of rotatable bonds is 3. The van der Waals surface area contributed by atoms with Gasteiger partial charge in [-0.1, -0.05) is 66.2 Å². The summed E-state index contributed by atoms with van der Waals surface area (Å²) in [5, 5.41) is 4.09. The van der Waals surface area contributed by atoms with Gasteiger partial charge in [0.2, 0.25) is 0 Å². The molecule has 2 aromatic carbocycles. The summed E-state index contributed by atoms with van der Waals surface area (Å²) in [6.07, 6.45) is 5.49. The van der Waals surface area contributed by atoms with Crippen LogP contribution in [0.15, 0.2) is 89.4 Å². The zero-order valence-corrected chi connectivity index (χ0v) is 12.5. The molecule has 0 nitrogen and oxygen atoms in total. The van der Waals surface area contributed by atoms with E-state index < -0.39 is 7.92 Å². The molecular weight excluding hydrogens is 259 g/mol. The first kappa shape index (κ1) is 13.1. The van der Waals surface area contributed by atoms with E-state index in [9.17, 15) is 0 Å². The lowest BCUT2D eigenvalue weighted by atomic mass is 10.1. The number of hydrogen-bond acceptors (Lipinski definition) is 0. The highest BCUT2D eigenvalue weighted by Crippen LogP contribution is 2.44. The lowest BCUT2D eigenvalue weighted by Crippen LogP contribution is -2.12. The quantitative estimate of drug-likeness (QED) is 0.571. The van der Waals surface area contributed by atoms with Gasteiger partial charge in [-0.05, 0) is 44.0 Å². The van der Waals surface area contributed by atoms with E-state index in [4.69, 9.17) is 0 Å². The van der Waals surface area contributed by atoms with Crippen LogP contribution < -0.4 is 10.6 Å². The lowest BCUT2D eigenvalue weighted by Gasteiger charge is -2.20. The van der Waals surface area contributed by atoms with Crippen molar-refractivity contribution in [1.82, 2.24) is 0 Å². The van der Waals surface area contributed by atoms with Gasteiger partial charge in [0.1, 0.15) is 0 Å². The molecule has 0 saturated carbocycles. The van der Waals surface area contributed by atoms with E-state index in [1.54, 1.807) is 0 Å².